The van der Waals surface area contributed by atoms with E-state index < -0.39 is 41.6 Å². The maximum absolute atomic E-state index is 14.0. The lowest BCUT2D eigenvalue weighted by molar-refractivity contribution is -0.134. The second kappa shape index (κ2) is 5.29. The Morgan fingerprint density at radius 2 is 2.09 bits per heavy atom. The van der Waals surface area contributed by atoms with E-state index in [0.717, 1.165) is 31.0 Å². The van der Waals surface area contributed by atoms with Gasteiger partial charge in [0.05, 0.1) is 0 Å². The first kappa shape index (κ1) is 15.4. The number of carbonyl (C=O) groups is 3. The molecule has 1 aliphatic heterocycles. The van der Waals surface area contributed by atoms with Crippen molar-refractivity contribution in [2.45, 2.75) is 31.3 Å². The number of nitrogens with zero attached hydrogens (tertiary/aromatic N) is 1. The lowest BCUT2D eigenvalue weighted by Gasteiger charge is -2.22. The Labute approximate surface area is 130 Å². The van der Waals surface area contributed by atoms with E-state index in [-0.39, 0.29) is 11.6 Å². The highest BCUT2D eigenvalue weighted by atomic mass is 19.1. The first-order valence-electron chi connectivity index (χ1n) is 7.20. The van der Waals surface area contributed by atoms with Crippen LogP contribution in [0.15, 0.2) is 18.2 Å². The smallest absolute Gasteiger partial charge is 0.325 e. The molecule has 0 radical (unpaired) electrons. The van der Waals surface area contributed by atoms with E-state index in [4.69, 9.17) is 0 Å². The maximum Gasteiger partial charge on any atom is 0.325 e. The van der Waals surface area contributed by atoms with Gasteiger partial charge in [-0.2, -0.15) is 0 Å². The first-order chi connectivity index (χ1) is 10.8. The molecular weight excluding hydrogens is 308 g/mol. The highest BCUT2D eigenvalue weighted by molar-refractivity contribution is 6.09. The fourth-order valence-electron chi connectivity index (χ4n) is 2.55. The van der Waals surface area contributed by atoms with Gasteiger partial charge in [0.2, 0.25) is 5.91 Å². The van der Waals surface area contributed by atoms with Crippen LogP contribution in [0.1, 0.15) is 25.3 Å². The van der Waals surface area contributed by atoms with Crippen LogP contribution in [-0.2, 0) is 15.1 Å². The molecule has 2 N–H and O–H groups in total. The summed E-state index contributed by atoms with van der Waals surface area (Å²) in [4.78, 5) is 37.0. The molecule has 1 saturated heterocycles. The molecule has 1 aliphatic carbocycles. The van der Waals surface area contributed by atoms with Crippen LogP contribution in [0.2, 0.25) is 0 Å². The predicted molar refractivity (Wildman–Crippen MR) is 75.1 cm³/mol. The summed E-state index contributed by atoms with van der Waals surface area (Å²) in [5.41, 5.74) is -2.02. The molecule has 23 heavy (non-hydrogen) atoms. The van der Waals surface area contributed by atoms with Gasteiger partial charge in [-0.3, -0.25) is 14.5 Å². The molecule has 122 valence electrons. The Bertz CT molecular complexity index is 705. The molecule has 0 aromatic heterocycles. The second-order valence-electron chi connectivity index (χ2n) is 5.91. The summed E-state index contributed by atoms with van der Waals surface area (Å²) in [5, 5.41) is 5.00. The van der Waals surface area contributed by atoms with E-state index >= 15 is 0 Å². The van der Waals surface area contributed by atoms with Gasteiger partial charge in [0.1, 0.15) is 23.7 Å². The average molecular weight is 323 g/mol. The number of amides is 4. The van der Waals surface area contributed by atoms with Gasteiger partial charge in [0, 0.05) is 11.6 Å². The molecule has 1 saturated carbocycles. The number of hydrogen-bond acceptors (Lipinski definition) is 3. The average Bonchev–Trinajstić information content (AvgIpc) is 3.26. The van der Waals surface area contributed by atoms with Gasteiger partial charge in [0.25, 0.3) is 5.91 Å². The Morgan fingerprint density at radius 3 is 2.74 bits per heavy atom. The van der Waals surface area contributed by atoms with Crippen molar-refractivity contribution < 1.29 is 23.2 Å². The van der Waals surface area contributed by atoms with Crippen molar-refractivity contribution in [3.63, 3.8) is 0 Å². The minimum absolute atomic E-state index is 0.0929. The quantitative estimate of drug-likeness (QED) is 0.812. The number of hydrogen-bond donors (Lipinski definition) is 2. The van der Waals surface area contributed by atoms with E-state index in [9.17, 15) is 23.2 Å². The zero-order valence-electron chi connectivity index (χ0n) is 12.4. The third-order valence-corrected chi connectivity index (χ3v) is 3.99. The fraction of sp³-hybridized carbons (Fsp3) is 0.400. The topological polar surface area (TPSA) is 78.5 Å². The second-order valence-corrected chi connectivity index (χ2v) is 5.91. The Kier molecular flexibility index (Phi) is 3.54. The molecule has 1 heterocycles. The lowest BCUT2D eigenvalue weighted by atomic mass is 9.91. The molecule has 1 aromatic rings. The van der Waals surface area contributed by atoms with Gasteiger partial charge in [0.15, 0.2) is 0 Å². The van der Waals surface area contributed by atoms with Gasteiger partial charge in [-0.15, -0.1) is 0 Å². The van der Waals surface area contributed by atoms with Crippen LogP contribution in [-0.4, -0.2) is 35.3 Å². The number of benzene rings is 1. The Morgan fingerprint density at radius 1 is 1.39 bits per heavy atom. The van der Waals surface area contributed by atoms with Crippen LogP contribution in [0.4, 0.5) is 13.6 Å². The number of carbonyl (C=O) groups excluding carboxylic acids is 3. The van der Waals surface area contributed by atoms with Crippen molar-refractivity contribution in [3.05, 3.63) is 35.4 Å². The molecule has 0 spiro atoms. The predicted octanol–water partition coefficient (Wildman–Crippen LogP) is 1.01. The lowest BCUT2D eigenvalue weighted by Crippen LogP contribution is -2.44. The van der Waals surface area contributed by atoms with Crippen LogP contribution in [0, 0.1) is 11.6 Å². The van der Waals surface area contributed by atoms with E-state index in [0.29, 0.717) is 4.90 Å². The number of rotatable bonds is 4. The molecule has 1 aromatic carbocycles. The summed E-state index contributed by atoms with van der Waals surface area (Å²) < 4.78 is 27.4. The number of imide groups is 1. The molecule has 1 atom stereocenters. The van der Waals surface area contributed by atoms with Crippen molar-refractivity contribution in [3.8, 4) is 0 Å². The van der Waals surface area contributed by atoms with E-state index in [2.05, 4.69) is 10.6 Å². The minimum atomic E-state index is -1.75. The number of nitrogens with one attached hydrogen (secondary N) is 2. The van der Waals surface area contributed by atoms with Gasteiger partial charge < -0.3 is 10.6 Å². The van der Waals surface area contributed by atoms with Crippen molar-refractivity contribution in [1.82, 2.24) is 15.5 Å². The SMILES string of the molecule is C[C@@]1(c2cc(F)ccc2F)NC(=O)N(CC(=O)NC2CC2)C1=O. The van der Waals surface area contributed by atoms with Crippen LogP contribution in [0.25, 0.3) is 0 Å². The summed E-state index contributed by atoms with van der Waals surface area (Å²) in [6.07, 6.45) is 1.75. The van der Waals surface area contributed by atoms with E-state index in [1.807, 2.05) is 0 Å². The first-order valence-corrected chi connectivity index (χ1v) is 7.20. The normalized spacial score (nSPS) is 23.9. The Hall–Kier alpha value is -2.51. The van der Waals surface area contributed by atoms with Gasteiger partial charge in [-0.1, -0.05) is 0 Å². The van der Waals surface area contributed by atoms with E-state index in [1.165, 1.54) is 6.92 Å². The summed E-state index contributed by atoms with van der Waals surface area (Å²) in [7, 11) is 0. The Balaban J connectivity index is 1.84. The minimum Gasteiger partial charge on any atom is -0.352 e. The third-order valence-electron chi connectivity index (χ3n) is 3.99. The molecule has 4 amide bonds. The van der Waals surface area contributed by atoms with Gasteiger partial charge in [-0.25, -0.2) is 13.6 Å². The maximum atomic E-state index is 14.0. The van der Waals surface area contributed by atoms with Crippen molar-refractivity contribution in [2.75, 3.05) is 6.54 Å². The van der Waals surface area contributed by atoms with Crippen molar-refractivity contribution >= 4 is 17.8 Å². The van der Waals surface area contributed by atoms with Crippen molar-refractivity contribution in [2.24, 2.45) is 0 Å². The van der Waals surface area contributed by atoms with Crippen LogP contribution < -0.4 is 10.6 Å². The molecule has 2 aliphatic rings. The molecular formula is C15H15F2N3O3. The number of urea groups is 1. The van der Waals surface area contributed by atoms with E-state index in [1.54, 1.807) is 0 Å². The third kappa shape index (κ3) is 2.76. The van der Waals surface area contributed by atoms with Crippen LogP contribution in [0.3, 0.4) is 0 Å². The van der Waals surface area contributed by atoms with Crippen LogP contribution >= 0.6 is 0 Å². The highest BCUT2D eigenvalue weighted by Crippen LogP contribution is 2.31. The molecule has 2 fully saturated rings. The highest BCUT2D eigenvalue weighted by Gasteiger charge is 2.51. The summed E-state index contributed by atoms with van der Waals surface area (Å²) in [6.45, 7) is 0.831. The zero-order chi connectivity index (χ0) is 16.8. The van der Waals surface area contributed by atoms with Gasteiger partial charge in [-0.05, 0) is 38.0 Å². The molecule has 0 bridgehead atoms. The standard InChI is InChI=1S/C15H15F2N3O3/c1-15(10-6-8(16)2-5-11(10)17)13(22)20(14(23)19-15)7-12(21)18-9-3-4-9/h2,5-6,9H,3-4,7H2,1H3,(H,18,21)(H,19,23)/t15-/m0/s1. The molecule has 6 nitrogen and oxygen atoms in total. The monoisotopic (exact) mass is 323 g/mol. The molecule has 3 rings (SSSR count). The molecule has 0 unspecified atom stereocenters. The largest absolute Gasteiger partial charge is 0.352 e. The summed E-state index contributed by atoms with van der Waals surface area (Å²) in [5.74, 6) is -2.79. The summed E-state index contributed by atoms with van der Waals surface area (Å²) in [6, 6.07) is 1.95. The fourth-order valence-corrected chi connectivity index (χ4v) is 2.55. The number of halogens is 2. The van der Waals surface area contributed by atoms with Crippen LogP contribution in [0.5, 0.6) is 0 Å². The zero-order valence-corrected chi connectivity index (χ0v) is 12.4. The summed E-state index contributed by atoms with van der Waals surface area (Å²) >= 11 is 0. The molecule has 8 heteroatoms. The van der Waals surface area contributed by atoms with Crippen molar-refractivity contribution in [1.29, 1.82) is 0 Å². The van der Waals surface area contributed by atoms with Gasteiger partial charge >= 0.3 is 6.03 Å².